The number of benzene rings is 3. The molecule has 0 aliphatic carbocycles. The highest BCUT2D eigenvalue weighted by atomic mass is 19.1. The average Bonchev–Trinajstić information content (AvgIpc) is 3.26. The second-order valence-electron chi connectivity index (χ2n) is 9.22. The van der Waals surface area contributed by atoms with E-state index in [-0.39, 0.29) is 17.6 Å². The first-order valence-electron chi connectivity index (χ1n) is 12.1. The van der Waals surface area contributed by atoms with Crippen LogP contribution in [0.15, 0.2) is 60.7 Å². The molecule has 36 heavy (non-hydrogen) atoms. The number of carbonyl (C=O) groups excluding carboxylic acids is 2. The molecule has 3 aromatic rings. The third-order valence-corrected chi connectivity index (χ3v) is 6.11. The van der Waals surface area contributed by atoms with Gasteiger partial charge in [-0.2, -0.15) is 0 Å². The van der Waals surface area contributed by atoms with Gasteiger partial charge in [0.2, 0.25) is 5.91 Å². The van der Waals surface area contributed by atoms with Crippen molar-refractivity contribution in [3.05, 3.63) is 83.2 Å². The molecule has 188 valence electrons. The van der Waals surface area contributed by atoms with Crippen molar-refractivity contribution in [3.63, 3.8) is 0 Å². The molecule has 6 nitrogen and oxygen atoms in total. The van der Waals surface area contributed by atoms with Crippen LogP contribution in [0.5, 0.6) is 11.5 Å². The maximum atomic E-state index is 13.5. The average molecular weight is 491 g/mol. The van der Waals surface area contributed by atoms with Gasteiger partial charge in [-0.1, -0.05) is 32.0 Å². The fraction of sp³-hybridized carbons (Fsp3) is 0.310. The number of fused-ring (bicyclic) bond motifs is 1. The summed E-state index contributed by atoms with van der Waals surface area (Å²) in [5.74, 6) is 0.185. The van der Waals surface area contributed by atoms with Gasteiger partial charge in [0.25, 0.3) is 5.91 Å². The second-order valence-corrected chi connectivity index (χ2v) is 9.22. The van der Waals surface area contributed by atoms with Gasteiger partial charge in [-0.25, -0.2) is 4.39 Å². The normalized spacial score (nSPS) is 16.3. The van der Waals surface area contributed by atoms with Crippen LogP contribution >= 0.6 is 0 Å². The van der Waals surface area contributed by atoms with Crippen molar-refractivity contribution in [1.29, 1.82) is 0 Å². The maximum absolute atomic E-state index is 13.5. The van der Waals surface area contributed by atoms with Crippen LogP contribution in [0.2, 0.25) is 0 Å². The first kappa shape index (κ1) is 25.2. The van der Waals surface area contributed by atoms with Gasteiger partial charge in [0.1, 0.15) is 29.3 Å². The number of nitrogens with one attached hydrogen (secondary N) is 2. The van der Waals surface area contributed by atoms with E-state index in [2.05, 4.69) is 10.6 Å². The highest BCUT2D eigenvalue weighted by molar-refractivity contribution is 5.96. The van der Waals surface area contributed by atoms with Crippen LogP contribution in [0.3, 0.4) is 0 Å². The van der Waals surface area contributed by atoms with Crippen LogP contribution in [0.25, 0.3) is 11.1 Å². The fourth-order valence-electron chi connectivity index (χ4n) is 4.34. The molecule has 0 radical (unpaired) electrons. The molecule has 0 saturated carbocycles. The molecule has 0 aromatic heterocycles. The van der Waals surface area contributed by atoms with Crippen LogP contribution in [-0.2, 0) is 4.79 Å². The predicted octanol–water partition coefficient (Wildman–Crippen LogP) is 5.24. The Morgan fingerprint density at radius 1 is 1.03 bits per heavy atom. The number of rotatable bonds is 8. The SMILES string of the molecule is CCOc1cc(C(=O)NCC(C)C)cc(-c2ccc3c(c2)C(C(=O)NC)C(c2ccc(F)cc2)O3)c1. The Balaban J connectivity index is 1.73. The Kier molecular flexibility index (Phi) is 7.58. The van der Waals surface area contributed by atoms with E-state index >= 15 is 0 Å². The van der Waals surface area contributed by atoms with E-state index < -0.39 is 12.0 Å². The van der Waals surface area contributed by atoms with Crippen molar-refractivity contribution in [2.45, 2.75) is 32.8 Å². The molecule has 1 aliphatic rings. The van der Waals surface area contributed by atoms with Gasteiger partial charge in [0, 0.05) is 24.7 Å². The van der Waals surface area contributed by atoms with Crippen LogP contribution in [-0.4, -0.2) is 32.0 Å². The number of halogens is 1. The van der Waals surface area contributed by atoms with E-state index in [9.17, 15) is 14.0 Å². The summed E-state index contributed by atoms with van der Waals surface area (Å²) in [5, 5.41) is 5.68. The number of likely N-dealkylation sites (N-methyl/N-ethyl adjacent to an activating group) is 1. The molecule has 4 rings (SSSR count). The van der Waals surface area contributed by atoms with Crippen LogP contribution < -0.4 is 20.1 Å². The molecular formula is C29H31FN2O4. The highest BCUT2D eigenvalue weighted by Gasteiger charge is 2.40. The molecule has 2 amide bonds. The summed E-state index contributed by atoms with van der Waals surface area (Å²) >= 11 is 0. The number of amides is 2. The van der Waals surface area contributed by atoms with Gasteiger partial charge in [0.15, 0.2) is 0 Å². The fourth-order valence-corrected chi connectivity index (χ4v) is 4.34. The first-order valence-corrected chi connectivity index (χ1v) is 12.1. The maximum Gasteiger partial charge on any atom is 0.251 e. The van der Waals surface area contributed by atoms with Crippen molar-refractivity contribution in [3.8, 4) is 22.6 Å². The minimum atomic E-state index is -0.612. The summed E-state index contributed by atoms with van der Waals surface area (Å²) < 4.78 is 25.4. The third kappa shape index (κ3) is 5.35. The van der Waals surface area contributed by atoms with E-state index in [1.807, 2.05) is 51.1 Å². The third-order valence-electron chi connectivity index (χ3n) is 6.11. The monoisotopic (exact) mass is 490 g/mol. The lowest BCUT2D eigenvalue weighted by molar-refractivity contribution is -0.123. The van der Waals surface area contributed by atoms with E-state index in [0.717, 1.165) is 16.7 Å². The molecule has 1 heterocycles. The zero-order valence-corrected chi connectivity index (χ0v) is 20.9. The largest absolute Gasteiger partial charge is 0.494 e. The van der Waals surface area contributed by atoms with Crippen LogP contribution in [0.1, 0.15) is 54.3 Å². The lowest BCUT2D eigenvalue weighted by Crippen LogP contribution is -2.28. The smallest absolute Gasteiger partial charge is 0.251 e. The molecule has 7 heteroatoms. The van der Waals surface area contributed by atoms with Crippen molar-refractivity contribution < 1.29 is 23.5 Å². The minimum Gasteiger partial charge on any atom is -0.494 e. The van der Waals surface area contributed by atoms with Gasteiger partial charge in [-0.05, 0) is 72.0 Å². The zero-order chi connectivity index (χ0) is 25.8. The van der Waals surface area contributed by atoms with Crippen molar-refractivity contribution in [1.82, 2.24) is 10.6 Å². The molecule has 2 atom stereocenters. The molecule has 3 aromatic carbocycles. The van der Waals surface area contributed by atoms with Gasteiger partial charge in [0.05, 0.1) is 6.61 Å². The molecule has 2 N–H and O–H groups in total. The Labute approximate surface area is 210 Å². The Morgan fingerprint density at radius 2 is 1.78 bits per heavy atom. The summed E-state index contributed by atoms with van der Waals surface area (Å²) in [5.41, 5.74) is 3.56. The molecule has 0 bridgehead atoms. The molecule has 2 unspecified atom stereocenters. The lowest BCUT2D eigenvalue weighted by Gasteiger charge is -2.18. The lowest BCUT2D eigenvalue weighted by atomic mass is 9.88. The van der Waals surface area contributed by atoms with Crippen molar-refractivity contribution in [2.75, 3.05) is 20.2 Å². The topological polar surface area (TPSA) is 76.7 Å². The number of carbonyl (C=O) groups is 2. The Bertz CT molecular complexity index is 1260. The first-order chi connectivity index (χ1) is 17.3. The van der Waals surface area contributed by atoms with E-state index in [1.54, 1.807) is 25.2 Å². The summed E-state index contributed by atoms with van der Waals surface area (Å²) in [6.07, 6.45) is -0.581. The molecule has 0 saturated heterocycles. The molecule has 1 aliphatic heterocycles. The van der Waals surface area contributed by atoms with Gasteiger partial charge in [-0.3, -0.25) is 9.59 Å². The van der Waals surface area contributed by atoms with E-state index in [1.165, 1.54) is 12.1 Å². The number of ether oxygens (including phenoxy) is 2. The van der Waals surface area contributed by atoms with E-state index in [0.29, 0.717) is 41.7 Å². The Hall–Kier alpha value is -3.87. The summed E-state index contributed by atoms with van der Waals surface area (Å²) in [6, 6.07) is 17.1. The molecule has 0 spiro atoms. The molecule has 0 fully saturated rings. The summed E-state index contributed by atoms with van der Waals surface area (Å²) in [4.78, 5) is 25.8. The van der Waals surface area contributed by atoms with Crippen molar-refractivity contribution in [2.24, 2.45) is 5.92 Å². The van der Waals surface area contributed by atoms with E-state index in [4.69, 9.17) is 9.47 Å². The molecular weight excluding hydrogens is 459 g/mol. The van der Waals surface area contributed by atoms with Crippen LogP contribution in [0.4, 0.5) is 4.39 Å². The predicted molar refractivity (Wildman–Crippen MR) is 137 cm³/mol. The van der Waals surface area contributed by atoms with Crippen LogP contribution in [0, 0.1) is 11.7 Å². The Morgan fingerprint density at radius 3 is 2.44 bits per heavy atom. The van der Waals surface area contributed by atoms with Gasteiger partial charge >= 0.3 is 0 Å². The summed E-state index contributed by atoms with van der Waals surface area (Å²) in [6.45, 7) is 7.00. The zero-order valence-electron chi connectivity index (χ0n) is 20.9. The highest BCUT2D eigenvalue weighted by Crippen LogP contribution is 2.47. The van der Waals surface area contributed by atoms with Gasteiger partial charge < -0.3 is 20.1 Å². The van der Waals surface area contributed by atoms with Gasteiger partial charge in [-0.15, -0.1) is 0 Å². The number of hydrogen-bond donors (Lipinski definition) is 2. The quantitative estimate of drug-likeness (QED) is 0.453. The number of hydrogen-bond acceptors (Lipinski definition) is 4. The summed E-state index contributed by atoms with van der Waals surface area (Å²) in [7, 11) is 1.58. The standard InChI is InChI=1S/C29H31FN2O4/c1-5-35-23-13-20(12-21(14-23)28(33)32-16-17(2)3)19-8-11-25-24(15-19)26(29(34)31-4)27(36-25)18-6-9-22(30)10-7-18/h6-15,17,26-27H,5,16H2,1-4H3,(H,31,34)(H,32,33). The van der Waals surface area contributed by atoms with Crippen molar-refractivity contribution >= 4 is 11.8 Å². The minimum absolute atomic E-state index is 0.171. The second kappa shape index (κ2) is 10.8.